The van der Waals surface area contributed by atoms with E-state index in [1.54, 1.807) is 12.1 Å². The van der Waals surface area contributed by atoms with Gasteiger partial charge >= 0.3 is 0 Å². The van der Waals surface area contributed by atoms with Gasteiger partial charge in [-0.2, -0.15) is 0 Å². The lowest BCUT2D eigenvalue weighted by molar-refractivity contribution is 0.111. The second-order valence-corrected chi connectivity index (χ2v) is 4.03. The van der Waals surface area contributed by atoms with E-state index in [4.69, 9.17) is 4.74 Å². The van der Waals surface area contributed by atoms with Gasteiger partial charge in [0.2, 0.25) is 0 Å². The predicted octanol–water partition coefficient (Wildman–Crippen LogP) is 3.44. The fourth-order valence-electron chi connectivity index (χ4n) is 1.55. The molecular formula is C10H10BrFO. The minimum atomic E-state index is -0.215. The molecule has 1 fully saturated rings. The van der Waals surface area contributed by atoms with Gasteiger partial charge in [0, 0.05) is 6.61 Å². The van der Waals surface area contributed by atoms with Crippen molar-refractivity contribution in [3.8, 4) is 0 Å². The number of rotatable bonds is 1. The minimum absolute atomic E-state index is 0.0996. The van der Waals surface area contributed by atoms with Crippen LogP contribution in [0.15, 0.2) is 22.7 Å². The van der Waals surface area contributed by atoms with Crippen LogP contribution >= 0.6 is 15.9 Å². The summed E-state index contributed by atoms with van der Waals surface area (Å²) in [4.78, 5) is 0. The monoisotopic (exact) mass is 244 g/mol. The molecule has 0 radical (unpaired) electrons. The van der Waals surface area contributed by atoms with Crippen LogP contribution in [0.25, 0.3) is 0 Å². The van der Waals surface area contributed by atoms with Crippen LogP contribution in [-0.2, 0) is 4.74 Å². The smallest absolute Gasteiger partial charge is 0.137 e. The summed E-state index contributed by atoms with van der Waals surface area (Å²) in [7, 11) is 0. The zero-order chi connectivity index (χ0) is 9.26. The van der Waals surface area contributed by atoms with Crippen LogP contribution in [0.5, 0.6) is 0 Å². The normalized spacial score (nSPS) is 22.2. The van der Waals surface area contributed by atoms with E-state index in [1.165, 1.54) is 0 Å². The summed E-state index contributed by atoms with van der Waals surface area (Å²) in [5, 5.41) is 0. The Balaban J connectivity index is 2.25. The van der Waals surface area contributed by atoms with Crippen LogP contribution < -0.4 is 0 Å². The van der Waals surface area contributed by atoms with Crippen LogP contribution in [0, 0.1) is 5.82 Å². The van der Waals surface area contributed by atoms with Crippen LogP contribution in [0.4, 0.5) is 4.39 Å². The zero-order valence-corrected chi connectivity index (χ0v) is 8.68. The number of ether oxygens (including phenoxy) is 1. The molecule has 1 aromatic rings. The van der Waals surface area contributed by atoms with Crippen molar-refractivity contribution in [2.75, 3.05) is 6.61 Å². The highest BCUT2D eigenvalue weighted by molar-refractivity contribution is 9.10. The minimum Gasteiger partial charge on any atom is -0.374 e. The second-order valence-electron chi connectivity index (χ2n) is 3.18. The largest absolute Gasteiger partial charge is 0.374 e. The molecule has 0 amide bonds. The van der Waals surface area contributed by atoms with Gasteiger partial charge in [0.15, 0.2) is 0 Å². The third kappa shape index (κ3) is 1.92. The maximum atomic E-state index is 13.1. The Bertz CT molecular complexity index is 308. The predicted molar refractivity (Wildman–Crippen MR) is 52.0 cm³/mol. The van der Waals surface area contributed by atoms with Gasteiger partial charge in [-0.3, -0.25) is 0 Å². The number of halogens is 2. The highest BCUT2D eigenvalue weighted by Gasteiger charge is 2.18. The molecule has 2 rings (SSSR count). The first-order valence-corrected chi connectivity index (χ1v) is 5.13. The first kappa shape index (κ1) is 9.16. The van der Waals surface area contributed by atoms with Crippen molar-refractivity contribution in [3.63, 3.8) is 0 Å². The number of hydrogen-bond acceptors (Lipinski definition) is 1. The summed E-state index contributed by atoms with van der Waals surface area (Å²) in [6.07, 6.45) is 2.17. The average molecular weight is 245 g/mol. The van der Waals surface area contributed by atoms with Crippen molar-refractivity contribution in [3.05, 3.63) is 34.1 Å². The topological polar surface area (TPSA) is 9.23 Å². The third-order valence-corrected chi connectivity index (χ3v) is 2.89. The summed E-state index contributed by atoms with van der Waals surface area (Å²) in [6, 6.07) is 5.18. The fraction of sp³-hybridized carbons (Fsp3) is 0.400. The molecular weight excluding hydrogens is 235 g/mol. The summed E-state index contributed by atoms with van der Waals surface area (Å²) in [5.74, 6) is -0.215. The van der Waals surface area contributed by atoms with Crippen LogP contribution in [-0.4, -0.2) is 6.61 Å². The van der Waals surface area contributed by atoms with Gasteiger partial charge in [-0.1, -0.05) is 6.07 Å². The van der Waals surface area contributed by atoms with Crippen molar-refractivity contribution in [2.45, 2.75) is 18.9 Å². The van der Waals surface area contributed by atoms with E-state index >= 15 is 0 Å². The molecule has 0 bridgehead atoms. The zero-order valence-electron chi connectivity index (χ0n) is 7.09. The molecule has 1 aliphatic rings. The first-order chi connectivity index (χ1) is 6.27. The molecule has 70 valence electrons. The van der Waals surface area contributed by atoms with Crippen LogP contribution in [0.2, 0.25) is 0 Å². The van der Waals surface area contributed by atoms with Crippen molar-refractivity contribution >= 4 is 15.9 Å². The van der Waals surface area contributed by atoms with Gasteiger partial charge in [0.1, 0.15) is 5.82 Å². The van der Waals surface area contributed by atoms with Crippen molar-refractivity contribution in [1.29, 1.82) is 0 Å². The number of hydrogen-bond donors (Lipinski definition) is 0. The van der Waals surface area contributed by atoms with Crippen LogP contribution in [0.1, 0.15) is 24.5 Å². The van der Waals surface area contributed by atoms with Crippen molar-refractivity contribution < 1.29 is 9.13 Å². The van der Waals surface area contributed by atoms with E-state index in [0.717, 1.165) is 25.0 Å². The molecule has 1 atom stereocenters. The van der Waals surface area contributed by atoms with E-state index < -0.39 is 0 Å². The SMILES string of the molecule is Fc1cc([C@@H]2CCCO2)ccc1Br. The highest BCUT2D eigenvalue weighted by Crippen LogP contribution is 2.30. The molecule has 1 heterocycles. The van der Waals surface area contributed by atoms with Gasteiger partial charge in [-0.05, 0) is 46.5 Å². The van der Waals surface area contributed by atoms with E-state index in [1.807, 2.05) is 6.07 Å². The lowest BCUT2D eigenvalue weighted by Crippen LogP contribution is -1.96. The molecule has 0 unspecified atom stereocenters. The van der Waals surface area contributed by atoms with Crippen molar-refractivity contribution in [1.82, 2.24) is 0 Å². The standard InChI is InChI=1S/C10H10BrFO/c11-8-4-3-7(6-9(8)12)10-2-1-5-13-10/h3-4,6,10H,1-2,5H2/t10-/m0/s1. The Kier molecular flexibility index (Phi) is 2.65. The molecule has 3 heteroatoms. The Labute approximate surface area is 85.0 Å². The van der Waals surface area contributed by atoms with Gasteiger partial charge in [0.25, 0.3) is 0 Å². The lowest BCUT2D eigenvalue weighted by Gasteiger charge is -2.09. The van der Waals surface area contributed by atoms with Gasteiger partial charge in [-0.15, -0.1) is 0 Å². The fourth-order valence-corrected chi connectivity index (χ4v) is 1.80. The highest BCUT2D eigenvalue weighted by atomic mass is 79.9. The summed E-state index contributed by atoms with van der Waals surface area (Å²) >= 11 is 3.12. The molecule has 1 saturated heterocycles. The number of benzene rings is 1. The quantitative estimate of drug-likeness (QED) is 0.736. The average Bonchev–Trinajstić information content (AvgIpc) is 2.62. The molecule has 1 aliphatic heterocycles. The summed E-state index contributed by atoms with van der Waals surface area (Å²) in [6.45, 7) is 0.794. The van der Waals surface area contributed by atoms with Crippen LogP contribution in [0.3, 0.4) is 0 Å². The van der Waals surface area contributed by atoms with E-state index in [0.29, 0.717) is 4.47 Å². The molecule has 0 N–H and O–H groups in total. The van der Waals surface area contributed by atoms with Gasteiger partial charge < -0.3 is 4.74 Å². The van der Waals surface area contributed by atoms with Crippen molar-refractivity contribution in [2.24, 2.45) is 0 Å². The van der Waals surface area contributed by atoms with E-state index in [-0.39, 0.29) is 11.9 Å². The summed E-state index contributed by atoms with van der Waals surface area (Å²) in [5.41, 5.74) is 0.943. The molecule has 0 aromatic heterocycles. The Morgan fingerprint density at radius 3 is 2.92 bits per heavy atom. The molecule has 0 spiro atoms. The van der Waals surface area contributed by atoms with Gasteiger partial charge in [0.05, 0.1) is 10.6 Å². The van der Waals surface area contributed by atoms with Gasteiger partial charge in [-0.25, -0.2) is 4.39 Å². The maximum absolute atomic E-state index is 13.1. The third-order valence-electron chi connectivity index (χ3n) is 2.25. The Morgan fingerprint density at radius 1 is 1.46 bits per heavy atom. The molecule has 1 aromatic carbocycles. The second kappa shape index (κ2) is 3.76. The maximum Gasteiger partial charge on any atom is 0.137 e. The van der Waals surface area contributed by atoms with E-state index in [9.17, 15) is 4.39 Å². The summed E-state index contributed by atoms with van der Waals surface area (Å²) < 4.78 is 19.1. The molecule has 0 aliphatic carbocycles. The molecule has 0 saturated carbocycles. The lowest BCUT2D eigenvalue weighted by atomic mass is 10.1. The van der Waals surface area contributed by atoms with E-state index in [2.05, 4.69) is 15.9 Å². The first-order valence-electron chi connectivity index (χ1n) is 4.34. The molecule has 13 heavy (non-hydrogen) atoms. The Hall–Kier alpha value is -0.410. The Morgan fingerprint density at radius 2 is 2.31 bits per heavy atom. The molecule has 1 nitrogen and oxygen atoms in total.